The number of nitrogens with one attached hydrogen (secondary N) is 1. The zero-order valence-corrected chi connectivity index (χ0v) is 19.2. The van der Waals surface area contributed by atoms with Crippen LogP contribution >= 0.6 is 11.6 Å². The van der Waals surface area contributed by atoms with Gasteiger partial charge < -0.3 is 19.4 Å². The molecule has 2 aliphatic heterocycles. The van der Waals surface area contributed by atoms with Crippen LogP contribution in [-0.4, -0.2) is 50.9 Å². The van der Waals surface area contributed by atoms with Crippen LogP contribution in [0.2, 0.25) is 5.02 Å². The van der Waals surface area contributed by atoms with Crippen LogP contribution in [0, 0.1) is 11.7 Å². The Labute approximate surface area is 200 Å². The molecule has 11 heteroatoms. The van der Waals surface area contributed by atoms with Crippen molar-refractivity contribution in [3.05, 3.63) is 70.2 Å². The van der Waals surface area contributed by atoms with Crippen molar-refractivity contribution in [2.75, 3.05) is 19.8 Å². The van der Waals surface area contributed by atoms with Crippen LogP contribution < -0.4 is 5.32 Å². The van der Waals surface area contributed by atoms with Crippen LogP contribution in [0.15, 0.2) is 35.2 Å². The maximum absolute atomic E-state index is 14.1. The van der Waals surface area contributed by atoms with Crippen LogP contribution in [0.5, 0.6) is 0 Å². The highest BCUT2D eigenvalue weighted by Gasteiger charge is 2.28. The van der Waals surface area contributed by atoms with E-state index in [2.05, 4.69) is 20.5 Å². The van der Waals surface area contributed by atoms with Gasteiger partial charge in [0.05, 0.1) is 17.3 Å². The fourth-order valence-electron chi connectivity index (χ4n) is 4.33. The number of rotatable bonds is 5. The lowest BCUT2D eigenvalue weighted by Crippen LogP contribution is -2.44. The van der Waals surface area contributed by atoms with Gasteiger partial charge in [-0.15, -0.1) is 10.2 Å². The summed E-state index contributed by atoms with van der Waals surface area (Å²) in [6.45, 7) is 2.42. The molecule has 3 aromatic rings. The first kappa shape index (κ1) is 22.7. The van der Waals surface area contributed by atoms with Gasteiger partial charge in [-0.3, -0.25) is 0 Å². The summed E-state index contributed by atoms with van der Waals surface area (Å²) in [6, 6.07) is 3.13. The van der Waals surface area contributed by atoms with Crippen molar-refractivity contribution in [1.82, 2.24) is 30.4 Å². The summed E-state index contributed by atoms with van der Waals surface area (Å²) < 4.78 is 24.9. The van der Waals surface area contributed by atoms with E-state index < -0.39 is 11.9 Å². The topological polar surface area (TPSA) is 106 Å². The van der Waals surface area contributed by atoms with Crippen molar-refractivity contribution in [3.63, 3.8) is 0 Å². The second-order valence-electron chi connectivity index (χ2n) is 8.52. The van der Waals surface area contributed by atoms with Gasteiger partial charge >= 0.3 is 6.03 Å². The Morgan fingerprint density at radius 3 is 2.94 bits per heavy atom. The molecule has 0 bridgehead atoms. The zero-order valence-electron chi connectivity index (χ0n) is 18.4. The number of carbonyl (C=O) groups excluding carboxylic acids is 1. The van der Waals surface area contributed by atoms with E-state index in [0.29, 0.717) is 31.0 Å². The van der Waals surface area contributed by atoms with Crippen LogP contribution in [0.1, 0.15) is 47.4 Å². The van der Waals surface area contributed by atoms with Crippen LogP contribution in [0.4, 0.5) is 9.18 Å². The van der Waals surface area contributed by atoms with Gasteiger partial charge in [-0.25, -0.2) is 19.2 Å². The molecule has 1 N–H and O–H groups in total. The first-order valence-corrected chi connectivity index (χ1v) is 11.6. The first-order chi connectivity index (χ1) is 16.6. The maximum Gasteiger partial charge on any atom is 0.318 e. The number of nitrogens with zero attached hydrogens (tertiary/aromatic N) is 5. The van der Waals surface area contributed by atoms with E-state index in [0.717, 1.165) is 56.0 Å². The van der Waals surface area contributed by atoms with Crippen LogP contribution in [0.25, 0.3) is 0 Å². The van der Waals surface area contributed by atoms with E-state index >= 15 is 0 Å². The number of amides is 2. The minimum atomic E-state index is -0.822. The maximum atomic E-state index is 14.1. The lowest BCUT2D eigenvalue weighted by molar-refractivity contribution is 0.0659. The molecule has 2 aliphatic rings. The Kier molecular flexibility index (Phi) is 6.68. The van der Waals surface area contributed by atoms with Gasteiger partial charge in [0.2, 0.25) is 12.3 Å². The highest BCUT2D eigenvalue weighted by Crippen LogP contribution is 2.26. The second-order valence-corrected chi connectivity index (χ2v) is 8.93. The van der Waals surface area contributed by atoms with Gasteiger partial charge in [0.25, 0.3) is 0 Å². The molecule has 0 unspecified atom stereocenters. The quantitative estimate of drug-likeness (QED) is 0.588. The van der Waals surface area contributed by atoms with Gasteiger partial charge in [0, 0.05) is 32.4 Å². The molecule has 1 atom stereocenters. The number of carbonyl (C=O) groups is 1. The summed E-state index contributed by atoms with van der Waals surface area (Å²) in [5, 5.41) is 10.5. The molecule has 0 radical (unpaired) electrons. The van der Waals surface area contributed by atoms with Crippen molar-refractivity contribution in [2.24, 2.45) is 5.92 Å². The number of ether oxygens (including phenoxy) is 1. The molecular formula is C23H24ClFN6O3. The van der Waals surface area contributed by atoms with Crippen molar-refractivity contribution in [1.29, 1.82) is 0 Å². The third-order valence-corrected chi connectivity index (χ3v) is 6.57. The highest BCUT2D eigenvalue weighted by molar-refractivity contribution is 6.30. The summed E-state index contributed by atoms with van der Waals surface area (Å²) in [7, 11) is 0. The molecule has 0 spiro atoms. The Hall–Kier alpha value is -3.11. The van der Waals surface area contributed by atoms with Gasteiger partial charge in [-0.1, -0.05) is 17.7 Å². The number of benzene rings is 1. The van der Waals surface area contributed by atoms with Crippen molar-refractivity contribution >= 4 is 17.6 Å². The third-order valence-electron chi connectivity index (χ3n) is 6.26. The van der Waals surface area contributed by atoms with E-state index in [1.807, 2.05) is 6.20 Å². The minimum Gasteiger partial charge on any atom is -0.425 e. The summed E-state index contributed by atoms with van der Waals surface area (Å²) in [5.41, 5.74) is 2.34. The second kappa shape index (κ2) is 10.0. The molecule has 34 heavy (non-hydrogen) atoms. The molecule has 0 aliphatic carbocycles. The van der Waals surface area contributed by atoms with Crippen LogP contribution in [0.3, 0.4) is 0 Å². The molecule has 4 heterocycles. The normalized spacial score (nSPS) is 17.3. The standard InChI is InChI=1S/C23H24ClFN6O3/c24-17-2-1-15(10-18(17)25)21(22-30-27-13-34-22)29-23(32)31-6-3-16-11-26-20(28-19(16)12-31)9-14-4-7-33-8-5-14/h1-2,10-11,13-14,21H,3-9,12H2,(H,29,32)/t21-/m0/s1. The van der Waals surface area contributed by atoms with Gasteiger partial charge in [0.1, 0.15) is 17.7 Å². The lowest BCUT2D eigenvalue weighted by atomic mass is 9.96. The highest BCUT2D eigenvalue weighted by atomic mass is 35.5. The van der Waals surface area contributed by atoms with Gasteiger partial charge in [0.15, 0.2) is 0 Å². The number of aromatic nitrogens is 4. The summed E-state index contributed by atoms with van der Waals surface area (Å²) in [6.07, 6.45) is 6.53. The summed E-state index contributed by atoms with van der Waals surface area (Å²) in [5.74, 6) is 0.866. The molecule has 9 nitrogen and oxygen atoms in total. The Bertz CT molecular complexity index is 1160. The summed E-state index contributed by atoms with van der Waals surface area (Å²) >= 11 is 5.82. The largest absolute Gasteiger partial charge is 0.425 e. The Morgan fingerprint density at radius 2 is 2.18 bits per heavy atom. The number of hydrogen-bond donors (Lipinski definition) is 1. The number of urea groups is 1. The summed E-state index contributed by atoms with van der Waals surface area (Å²) in [4.78, 5) is 24.2. The van der Waals surface area contributed by atoms with Gasteiger partial charge in [-0.2, -0.15) is 0 Å². The molecule has 5 rings (SSSR count). The first-order valence-electron chi connectivity index (χ1n) is 11.2. The fourth-order valence-corrected chi connectivity index (χ4v) is 4.44. The van der Waals surface area contributed by atoms with Crippen molar-refractivity contribution < 1.29 is 18.3 Å². The smallest absolute Gasteiger partial charge is 0.318 e. The number of fused-ring (bicyclic) bond motifs is 1. The zero-order chi connectivity index (χ0) is 23.5. The Balaban J connectivity index is 1.30. The Morgan fingerprint density at radius 1 is 1.32 bits per heavy atom. The SMILES string of the molecule is O=C(N[C@@H](c1ccc(Cl)c(F)c1)c1nnco1)N1CCc2cnc(CC3CCOCC3)nc2C1. The number of halogens is 2. The van der Waals surface area contributed by atoms with E-state index in [-0.39, 0.29) is 16.9 Å². The fraction of sp³-hybridized carbons (Fsp3) is 0.435. The molecule has 0 saturated carbocycles. The van der Waals surface area contributed by atoms with E-state index in [4.69, 9.17) is 25.7 Å². The molecule has 178 valence electrons. The predicted molar refractivity (Wildman–Crippen MR) is 119 cm³/mol. The average Bonchev–Trinajstić information content (AvgIpc) is 3.39. The third kappa shape index (κ3) is 5.02. The van der Waals surface area contributed by atoms with Crippen molar-refractivity contribution in [2.45, 2.75) is 38.3 Å². The van der Waals surface area contributed by atoms with Gasteiger partial charge in [-0.05, 0) is 48.4 Å². The predicted octanol–water partition coefficient (Wildman–Crippen LogP) is 3.48. The molecule has 2 amide bonds. The molecular weight excluding hydrogens is 463 g/mol. The van der Waals surface area contributed by atoms with E-state index in [9.17, 15) is 9.18 Å². The van der Waals surface area contributed by atoms with Crippen molar-refractivity contribution in [3.8, 4) is 0 Å². The average molecular weight is 487 g/mol. The molecule has 1 saturated heterocycles. The minimum absolute atomic E-state index is 0.0109. The monoisotopic (exact) mass is 486 g/mol. The molecule has 1 fully saturated rings. The molecule has 2 aromatic heterocycles. The van der Waals surface area contributed by atoms with Crippen LogP contribution in [-0.2, 0) is 24.1 Å². The number of hydrogen-bond acceptors (Lipinski definition) is 7. The molecule has 1 aromatic carbocycles. The van der Waals surface area contributed by atoms with E-state index in [1.165, 1.54) is 12.1 Å². The van der Waals surface area contributed by atoms with E-state index in [1.54, 1.807) is 11.0 Å². The lowest BCUT2D eigenvalue weighted by Gasteiger charge is -2.30.